The summed E-state index contributed by atoms with van der Waals surface area (Å²) >= 11 is 0. The fraction of sp³-hybridized carbons (Fsp3) is 0.364. The molecule has 2 aliphatic heterocycles. The summed E-state index contributed by atoms with van der Waals surface area (Å²) in [7, 11) is 1.25. The molecule has 0 saturated carbocycles. The van der Waals surface area contributed by atoms with Crippen LogP contribution in [-0.2, 0) is 11.3 Å². The number of esters is 1. The van der Waals surface area contributed by atoms with Gasteiger partial charge in [-0.3, -0.25) is 4.79 Å². The highest BCUT2D eigenvalue weighted by Gasteiger charge is 2.21. The number of aromatic nitrogens is 3. The van der Waals surface area contributed by atoms with Gasteiger partial charge in [0.15, 0.2) is 0 Å². The van der Waals surface area contributed by atoms with Gasteiger partial charge >= 0.3 is 5.97 Å². The van der Waals surface area contributed by atoms with Crippen LogP contribution >= 0.6 is 0 Å². The van der Waals surface area contributed by atoms with Crippen molar-refractivity contribution in [2.45, 2.75) is 19.6 Å². The zero-order chi connectivity index (χ0) is 13.3. The van der Waals surface area contributed by atoms with Gasteiger partial charge in [-0.15, -0.1) is 0 Å². The number of nitrogens with one attached hydrogen (secondary N) is 1. The molecule has 7 heteroatoms. The average Bonchev–Trinajstić information content (AvgIpc) is 2.69. The lowest BCUT2D eigenvalue weighted by atomic mass is 10.1. The lowest BCUT2D eigenvalue weighted by Crippen LogP contribution is -2.16. The number of methoxy groups -OCH3 is 1. The smallest absolute Gasteiger partial charge is 0.341 e. The maximum absolute atomic E-state index is 11.6. The molecule has 7 nitrogen and oxygen atoms in total. The molecule has 2 N–H and O–H groups in total. The van der Waals surface area contributed by atoms with Crippen molar-refractivity contribution in [2.75, 3.05) is 7.11 Å². The normalized spacial score (nSPS) is 12.6. The molecule has 0 bridgehead atoms. The molecule has 96 valence electrons. The van der Waals surface area contributed by atoms with E-state index in [1.165, 1.54) is 13.3 Å². The van der Waals surface area contributed by atoms with Gasteiger partial charge < -0.3 is 14.4 Å². The Morgan fingerprint density at radius 3 is 2.94 bits per heavy atom. The van der Waals surface area contributed by atoms with Crippen molar-refractivity contribution in [3.05, 3.63) is 28.3 Å². The lowest BCUT2D eigenvalue weighted by Gasteiger charge is -2.12. The maximum atomic E-state index is 11.6. The minimum absolute atomic E-state index is 0.189. The van der Waals surface area contributed by atoms with E-state index in [1.54, 1.807) is 17.7 Å². The predicted octanol–water partition coefficient (Wildman–Crippen LogP) is -0.156. The molecule has 0 fully saturated rings. The molecule has 0 aromatic rings. The highest BCUT2D eigenvalue weighted by Crippen LogP contribution is 2.20. The number of nitrogens with zero attached hydrogens (tertiary/aromatic N) is 2. The standard InChI is InChI=1S/C11H13N3O4/c1-6(15)3-14-4-7-9(12-13-10(7)16)8(5-14)11(17)18-2/h4-6,15H,3H2,1-2H3,(H,13,16)/t6-/m1/s1. The van der Waals surface area contributed by atoms with Crippen LogP contribution in [0.1, 0.15) is 17.3 Å². The second-order valence-corrected chi connectivity index (χ2v) is 4.02. The van der Waals surface area contributed by atoms with Crippen LogP contribution in [0.5, 0.6) is 0 Å². The monoisotopic (exact) mass is 251 g/mol. The first-order chi connectivity index (χ1) is 8.52. The van der Waals surface area contributed by atoms with E-state index in [1.807, 2.05) is 0 Å². The third-order valence-corrected chi connectivity index (χ3v) is 2.49. The van der Waals surface area contributed by atoms with Gasteiger partial charge in [0.05, 0.1) is 18.8 Å². The summed E-state index contributed by atoms with van der Waals surface area (Å²) in [5, 5.41) is 15.4. The number of hydrogen-bond acceptors (Lipinski definition) is 5. The fourth-order valence-corrected chi connectivity index (χ4v) is 1.76. The molecule has 0 radical (unpaired) electrons. The molecule has 2 rings (SSSR count). The van der Waals surface area contributed by atoms with Gasteiger partial charge in [0.25, 0.3) is 5.56 Å². The number of rotatable bonds is 3. The first kappa shape index (κ1) is 12.3. The molecule has 2 aliphatic rings. The van der Waals surface area contributed by atoms with Crippen molar-refractivity contribution in [3.8, 4) is 11.3 Å². The average molecular weight is 251 g/mol. The summed E-state index contributed by atoms with van der Waals surface area (Å²) in [4.78, 5) is 23.2. The highest BCUT2D eigenvalue weighted by molar-refractivity contribution is 5.95. The number of fused-ring (bicyclic) bond motifs is 1. The Morgan fingerprint density at radius 2 is 2.33 bits per heavy atom. The van der Waals surface area contributed by atoms with Gasteiger partial charge in [-0.2, -0.15) is 5.10 Å². The molecule has 0 amide bonds. The summed E-state index contributed by atoms with van der Waals surface area (Å²) in [5.74, 6) is -0.577. The Bertz CT molecular complexity index is 599. The molecule has 0 aromatic heterocycles. The Labute approximate surface area is 102 Å². The second kappa shape index (κ2) is 4.61. The summed E-state index contributed by atoms with van der Waals surface area (Å²) < 4.78 is 6.21. The number of ether oxygens (including phenoxy) is 1. The predicted molar refractivity (Wildman–Crippen MR) is 62.5 cm³/mol. The van der Waals surface area contributed by atoms with E-state index in [2.05, 4.69) is 14.9 Å². The number of H-pyrrole nitrogens is 1. The first-order valence-corrected chi connectivity index (χ1v) is 5.37. The molecule has 18 heavy (non-hydrogen) atoms. The van der Waals surface area contributed by atoms with E-state index in [0.717, 1.165) is 0 Å². The van der Waals surface area contributed by atoms with E-state index in [-0.39, 0.29) is 23.4 Å². The topological polar surface area (TPSA) is 97.2 Å². The molecule has 0 spiro atoms. The first-order valence-electron chi connectivity index (χ1n) is 5.37. The Hall–Kier alpha value is -2.15. The number of aliphatic hydroxyl groups excluding tert-OH is 1. The largest absolute Gasteiger partial charge is 0.465 e. The molecule has 0 unspecified atom stereocenters. The third-order valence-electron chi connectivity index (χ3n) is 2.49. The van der Waals surface area contributed by atoms with Gasteiger partial charge in [-0.05, 0) is 6.92 Å². The van der Waals surface area contributed by atoms with Crippen LogP contribution in [-0.4, -0.2) is 39.1 Å². The quantitative estimate of drug-likeness (QED) is 0.739. The van der Waals surface area contributed by atoms with Gasteiger partial charge in [0, 0.05) is 18.9 Å². The summed E-state index contributed by atoms with van der Waals surface area (Å²) in [6.45, 7) is 1.88. The van der Waals surface area contributed by atoms with Gasteiger partial charge in [0.2, 0.25) is 0 Å². The van der Waals surface area contributed by atoms with Crippen LogP contribution < -0.4 is 5.56 Å². The van der Waals surface area contributed by atoms with Crippen molar-refractivity contribution < 1.29 is 14.6 Å². The Balaban J connectivity index is 2.60. The van der Waals surface area contributed by atoms with Crippen LogP contribution in [0.4, 0.5) is 0 Å². The second-order valence-electron chi connectivity index (χ2n) is 4.02. The van der Waals surface area contributed by atoms with E-state index >= 15 is 0 Å². The van der Waals surface area contributed by atoms with E-state index in [0.29, 0.717) is 5.56 Å². The number of aliphatic hydroxyl groups is 1. The van der Waals surface area contributed by atoms with Crippen molar-refractivity contribution in [2.24, 2.45) is 0 Å². The Kier molecular flexibility index (Phi) is 3.15. The van der Waals surface area contributed by atoms with E-state index in [4.69, 9.17) is 0 Å². The number of carbonyl (C=O) groups excluding carboxylic acids is 1. The highest BCUT2D eigenvalue weighted by atomic mass is 16.5. The minimum atomic E-state index is -0.597. The molecular formula is C11H13N3O4. The van der Waals surface area contributed by atoms with Crippen molar-refractivity contribution in [1.29, 1.82) is 0 Å². The van der Waals surface area contributed by atoms with Crippen LogP contribution in [0.3, 0.4) is 0 Å². The van der Waals surface area contributed by atoms with Gasteiger partial charge in [-0.1, -0.05) is 0 Å². The fourth-order valence-electron chi connectivity index (χ4n) is 1.76. The molecular weight excluding hydrogens is 238 g/mol. The minimum Gasteiger partial charge on any atom is -0.465 e. The molecule has 0 aliphatic carbocycles. The van der Waals surface area contributed by atoms with Crippen molar-refractivity contribution in [3.63, 3.8) is 0 Å². The van der Waals surface area contributed by atoms with Crippen LogP contribution in [0, 0.1) is 0 Å². The van der Waals surface area contributed by atoms with Crippen molar-refractivity contribution >= 4 is 5.97 Å². The number of hydrogen-bond donors (Lipinski definition) is 2. The van der Waals surface area contributed by atoms with Gasteiger partial charge in [0.1, 0.15) is 11.3 Å². The molecule has 1 atom stereocenters. The number of carbonyl (C=O) groups is 1. The van der Waals surface area contributed by atoms with Gasteiger partial charge in [-0.25, -0.2) is 9.89 Å². The Morgan fingerprint density at radius 1 is 1.61 bits per heavy atom. The molecule has 0 aromatic carbocycles. The van der Waals surface area contributed by atoms with Crippen LogP contribution in [0.15, 0.2) is 17.2 Å². The number of aromatic amines is 1. The van der Waals surface area contributed by atoms with E-state index in [9.17, 15) is 14.7 Å². The summed E-state index contributed by atoms with van der Waals surface area (Å²) in [6, 6.07) is 0. The zero-order valence-corrected chi connectivity index (χ0v) is 10.0. The summed E-state index contributed by atoms with van der Waals surface area (Å²) in [5.41, 5.74) is 0.372. The SMILES string of the molecule is COC(=O)c1cn(C[C@@H](C)O)cc2c(=O)[nH]nc1-2. The zero-order valence-electron chi connectivity index (χ0n) is 10.0. The molecule has 0 saturated heterocycles. The van der Waals surface area contributed by atoms with E-state index < -0.39 is 12.1 Å². The maximum Gasteiger partial charge on any atom is 0.341 e. The lowest BCUT2D eigenvalue weighted by molar-refractivity contribution is 0.0599. The summed E-state index contributed by atoms with van der Waals surface area (Å²) in [6.07, 6.45) is 2.45. The third kappa shape index (κ3) is 2.12. The molecule has 2 heterocycles. The number of pyridine rings is 1. The van der Waals surface area contributed by atoms with Crippen LogP contribution in [0.2, 0.25) is 0 Å². The van der Waals surface area contributed by atoms with Crippen molar-refractivity contribution in [1.82, 2.24) is 14.8 Å². The van der Waals surface area contributed by atoms with Crippen LogP contribution in [0.25, 0.3) is 11.3 Å².